The molecule has 3 aromatic rings. The van der Waals surface area contributed by atoms with Crippen molar-refractivity contribution in [2.75, 3.05) is 18.6 Å². The van der Waals surface area contributed by atoms with Crippen LogP contribution in [0.2, 0.25) is 5.02 Å². The van der Waals surface area contributed by atoms with E-state index < -0.39 is 23.9 Å². The lowest BCUT2D eigenvalue weighted by Crippen LogP contribution is -2.44. The minimum atomic E-state index is -1.01. The molecule has 0 aromatic heterocycles. The lowest BCUT2D eigenvalue weighted by atomic mass is 9.98. The van der Waals surface area contributed by atoms with E-state index in [-0.39, 0.29) is 18.5 Å². The van der Waals surface area contributed by atoms with Crippen molar-refractivity contribution in [2.45, 2.75) is 24.5 Å². The molecule has 6 rings (SSSR count). The zero-order valence-electron chi connectivity index (χ0n) is 20.8. The third-order valence-corrected chi connectivity index (χ3v) is 7.27. The molecule has 3 atom stereocenters. The molecule has 0 aliphatic carbocycles. The van der Waals surface area contributed by atoms with Crippen LogP contribution in [0.1, 0.15) is 23.6 Å². The summed E-state index contributed by atoms with van der Waals surface area (Å²) in [5.41, 5.74) is 2.97. The number of hydrogen-bond donors (Lipinski definition) is 0. The van der Waals surface area contributed by atoms with Gasteiger partial charge in [0.25, 0.3) is 17.7 Å². The largest absolute Gasteiger partial charge is 0.497 e. The fourth-order valence-corrected chi connectivity index (χ4v) is 5.17. The number of hydrazone groups is 1. The highest BCUT2D eigenvalue weighted by atomic mass is 35.5. The number of methoxy groups -OCH3 is 1. The molecule has 3 aliphatic heterocycles. The Morgan fingerprint density at radius 1 is 0.974 bits per heavy atom. The third-order valence-electron chi connectivity index (χ3n) is 7.01. The highest BCUT2D eigenvalue weighted by molar-refractivity contribution is 6.31. The quantitative estimate of drug-likeness (QED) is 0.437. The maximum Gasteiger partial charge on any atom is 0.264 e. The van der Waals surface area contributed by atoms with Gasteiger partial charge < -0.3 is 4.74 Å². The Labute approximate surface area is 229 Å². The van der Waals surface area contributed by atoms with E-state index in [9.17, 15) is 14.4 Å². The van der Waals surface area contributed by atoms with Gasteiger partial charge in [0.1, 0.15) is 12.3 Å². The van der Waals surface area contributed by atoms with Crippen molar-refractivity contribution in [2.24, 2.45) is 15.4 Å². The molecular weight excluding hydrogens is 520 g/mol. The van der Waals surface area contributed by atoms with E-state index in [1.807, 2.05) is 54.6 Å². The van der Waals surface area contributed by atoms with Crippen molar-refractivity contribution in [1.29, 1.82) is 0 Å². The van der Waals surface area contributed by atoms with Crippen LogP contribution in [0.15, 0.2) is 94.3 Å². The van der Waals surface area contributed by atoms with Gasteiger partial charge in [-0.3, -0.25) is 19.4 Å². The maximum absolute atomic E-state index is 13.7. The van der Waals surface area contributed by atoms with Gasteiger partial charge in [-0.25, -0.2) is 9.91 Å². The second kappa shape index (κ2) is 9.95. The number of nitrogens with zero attached hydrogens (tertiary/aromatic N) is 6. The second-order valence-corrected chi connectivity index (χ2v) is 9.76. The van der Waals surface area contributed by atoms with Gasteiger partial charge >= 0.3 is 0 Å². The van der Waals surface area contributed by atoms with Crippen LogP contribution in [-0.2, 0) is 14.4 Å². The first-order chi connectivity index (χ1) is 18.9. The SMILES string of the molecule is COc1ccc(C2CC(c3ccccc3)=NN2C(=O)CN2N=NC3C(=O)N(c4ccc(Cl)cc4)C(=O)C32)cc1. The number of imide groups is 1. The number of hydrogen-bond acceptors (Lipinski definition) is 8. The summed E-state index contributed by atoms with van der Waals surface area (Å²) in [4.78, 5) is 41.1. The van der Waals surface area contributed by atoms with Gasteiger partial charge in [0.2, 0.25) is 0 Å². The van der Waals surface area contributed by atoms with Gasteiger partial charge in [-0.15, -0.1) is 0 Å². The number of fused-ring (bicyclic) bond motifs is 1. The monoisotopic (exact) mass is 542 g/mol. The summed E-state index contributed by atoms with van der Waals surface area (Å²) in [6, 6.07) is 21.2. The predicted octanol–water partition coefficient (Wildman–Crippen LogP) is 4.02. The van der Waals surface area contributed by atoms with Gasteiger partial charge in [-0.1, -0.05) is 59.3 Å². The van der Waals surface area contributed by atoms with E-state index in [2.05, 4.69) is 15.4 Å². The Morgan fingerprint density at radius 2 is 1.69 bits per heavy atom. The lowest BCUT2D eigenvalue weighted by Gasteiger charge is -2.25. The number of ether oxygens (including phenoxy) is 1. The van der Waals surface area contributed by atoms with E-state index in [0.29, 0.717) is 22.9 Å². The molecule has 3 unspecified atom stereocenters. The van der Waals surface area contributed by atoms with Crippen molar-refractivity contribution in [3.05, 3.63) is 95.0 Å². The molecule has 0 bridgehead atoms. The standard InChI is InChI=1S/C28H23ClN6O4/c1-39-21-13-7-18(8-14-21)23-15-22(17-5-3-2-4-6-17)31-35(23)24(36)16-33-26-25(30-32-33)27(37)34(28(26)38)20-11-9-19(29)10-12-20/h2-14,23,25-26H,15-16H2,1H3. The smallest absolute Gasteiger partial charge is 0.264 e. The first-order valence-corrected chi connectivity index (χ1v) is 12.7. The first kappa shape index (κ1) is 24.7. The van der Waals surface area contributed by atoms with Gasteiger partial charge in [0, 0.05) is 11.4 Å². The topological polar surface area (TPSA) is 107 Å². The molecule has 3 heterocycles. The number of carbonyl (C=O) groups is 3. The maximum atomic E-state index is 13.7. The molecular formula is C28H23ClN6O4. The Bertz CT molecular complexity index is 1490. The molecule has 10 nitrogen and oxygen atoms in total. The van der Waals surface area contributed by atoms with Gasteiger partial charge in [-0.2, -0.15) is 10.2 Å². The highest BCUT2D eigenvalue weighted by Gasteiger charge is 2.55. The fourth-order valence-electron chi connectivity index (χ4n) is 5.04. The zero-order valence-corrected chi connectivity index (χ0v) is 21.6. The third kappa shape index (κ3) is 4.42. The molecule has 1 saturated heterocycles. The van der Waals surface area contributed by atoms with Crippen LogP contribution in [0.3, 0.4) is 0 Å². The summed E-state index contributed by atoms with van der Waals surface area (Å²) in [6.07, 6.45) is 0.511. The number of benzene rings is 3. The zero-order chi connectivity index (χ0) is 27.1. The van der Waals surface area contributed by atoms with E-state index in [0.717, 1.165) is 21.7 Å². The first-order valence-electron chi connectivity index (χ1n) is 12.3. The summed E-state index contributed by atoms with van der Waals surface area (Å²) in [5.74, 6) is -0.650. The van der Waals surface area contributed by atoms with Gasteiger partial charge in [-0.05, 0) is 47.5 Å². The van der Waals surface area contributed by atoms with E-state index in [1.165, 1.54) is 10.0 Å². The van der Waals surface area contributed by atoms with Crippen LogP contribution in [0.5, 0.6) is 5.75 Å². The summed E-state index contributed by atoms with van der Waals surface area (Å²) in [7, 11) is 1.60. The Morgan fingerprint density at radius 3 is 2.38 bits per heavy atom. The Hall–Kier alpha value is -4.57. The summed E-state index contributed by atoms with van der Waals surface area (Å²) < 4.78 is 5.28. The number of anilines is 1. The Balaban J connectivity index is 1.25. The molecule has 1 fully saturated rings. The van der Waals surface area contributed by atoms with E-state index >= 15 is 0 Å². The van der Waals surface area contributed by atoms with Crippen LogP contribution in [0.25, 0.3) is 0 Å². The fraction of sp³-hybridized carbons (Fsp3) is 0.214. The number of amides is 3. The minimum absolute atomic E-state index is 0.267. The summed E-state index contributed by atoms with van der Waals surface area (Å²) in [6.45, 7) is -0.267. The normalized spacial score (nSPS) is 21.9. The molecule has 39 heavy (non-hydrogen) atoms. The molecule has 3 aromatic carbocycles. The van der Waals surface area contributed by atoms with E-state index in [4.69, 9.17) is 16.3 Å². The van der Waals surface area contributed by atoms with E-state index in [1.54, 1.807) is 31.4 Å². The average Bonchev–Trinajstić information content (AvgIpc) is 3.65. The molecule has 11 heteroatoms. The van der Waals surface area contributed by atoms with Gasteiger partial charge in [0.05, 0.1) is 24.6 Å². The van der Waals surface area contributed by atoms with Crippen LogP contribution in [-0.4, -0.2) is 59.2 Å². The van der Waals surface area contributed by atoms with Crippen molar-refractivity contribution in [3.8, 4) is 5.75 Å². The minimum Gasteiger partial charge on any atom is -0.497 e. The molecule has 0 saturated carbocycles. The molecule has 0 spiro atoms. The molecule has 0 radical (unpaired) electrons. The van der Waals surface area contributed by atoms with Crippen LogP contribution >= 0.6 is 11.6 Å². The number of halogens is 1. The average molecular weight is 543 g/mol. The summed E-state index contributed by atoms with van der Waals surface area (Å²) in [5, 5.41) is 16.0. The summed E-state index contributed by atoms with van der Waals surface area (Å²) >= 11 is 5.96. The Kier molecular flexibility index (Phi) is 6.32. The molecule has 3 amide bonds. The van der Waals surface area contributed by atoms with Crippen molar-refractivity contribution in [3.63, 3.8) is 0 Å². The molecule has 196 valence electrons. The van der Waals surface area contributed by atoms with Crippen LogP contribution in [0.4, 0.5) is 5.69 Å². The molecule has 0 N–H and O–H groups in total. The van der Waals surface area contributed by atoms with Crippen molar-refractivity contribution >= 4 is 40.7 Å². The number of carbonyl (C=O) groups excluding carboxylic acids is 3. The highest BCUT2D eigenvalue weighted by Crippen LogP contribution is 2.36. The predicted molar refractivity (Wildman–Crippen MR) is 143 cm³/mol. The lowest BCUT2D eigenvalue weighted by molar-refractivity contribution is -0.135. The molecule has 3 aliphatic rings. The van der Waals surface area contributed by atoms with Crippen LogP contribution in [0, 0.1) is 0 Å². The number of rotatable bonds is 6. The van der Waals surface area contributed by atoms with Crippen LogP contribution < -0.4 is 9.64 Å². The second-order valence-electron chi connectivity index (χ2n) is 9.32. The van der Waals surface area contributed by atoms with Crippen molar-refractivity contribution in [1.82, 2.24) is 10.0 Å². The van der Waals surface area contributed by atoms with Gasteiger partial charge in [0.15, 0.2) is 12.1 Å². The van der Waals surface area contributed by atoms with Crippen molar-refractivity contribution < 1.29 is 19.1 Å².